The fourth-order valence-electron chi connectivity index (χ4n) is 4.85. The maximum Gasteiger partial charge on any atom is 0.254 e. The molecule has 0 radical (unpaired) electrons. The van der Waals surface area contributed by atoms with Crippen molar-refractivity contribution in [1.29, 1.82) is 0 Å². The third-order valence-corrected chi connectivity index (χ3v) is 6.11. The second-order valence-corrected chi connectivity index (χ2v) is 7.60. The van der Waals surface area contributed by atoms with Crippen molar-refractivity contribution in [2.45, 2.75) is 43.7 Å². The van der Waals surface area contributed by atoms with Crippen molar-refractivity contribution in [1.82, 2.24) is 9.88 Å². The number of benzene rings is 2. The van der Waals surface area contributed by atoms with Gasteiger partial charge in [0.15, 0.2) is 0 Å². The molecule has 2 atom stereocenters. The summed E-state index contributed by atoms with van der Waals surface area (Å²) in [6, 6.07) is 15.4. The Bertz CT molecular complexity index is 948. The summed E-state index contributed by atoms with van der Waals surface area (Å²) in [5, 5.41) is 1.12. The summed E-state index contributed by atoms with van der Waals surface area (Å²) in [5.74, 6) is 0.374. The van der Waals surface area contributed by atoms with Crippen LogP contribution in [0.5, 0.6) is 0 Å². The number of amides is 1. The Hall–Kier alpha value is -2.62. The van der Waals surface area contributed by atoms with Crippen LogP contribution in [-0.2, 0) is 0 Å². The van der Waals surface area contributed by atoms with Gasteiger partial charge in [0.05, 0.1) is 0 Å². The van der Waals surface area contributed by atoms with Gasteiger partial charge in [0, 0.05) is 29.4 Å². The number of hydrogen-bond acceptors (Lipinski definition) is 1. The van der Waals surface area contributed by atoms with Gasteiger partial charge < -0.3 is 9.88 Å². The summed E-state index contributed by atoms with van der Waals surface area (Å²) in [5.41, 5.74) is 2.96. The first-order valence-corrected chi connectivity index (χ1v) is 9.34. The van der Waals surface area contributed by atoms with Gasteiger partial charge in [0.2, 0.25) is 0 Å². The number of carbonyl (C=O) groups excluding carboxylic acids is 1. The van der Waals surface area contributed by atoms with Crippen LogP contribution in [0, 0.1) is 5.82 Å². The highest BCUT2D eigenvalue weighted by Gasteiger charge is 2.43. The maximum atomic E-state index is 13.2. The fraction of sp³-hybridized carbons (Fsp3) is 0.318. The Morgan fingerprint density at radius 1 is 1.00 bits per heavy atom. The standard InChI is InChI=1S/C22H21FN2O/c23-18-5-3-14(4-6-18)17-11-19-7-8-20(12-17)25(19)22(26)16-2-1-15-9-10-24-21(15)13-16/h1-6,9-10,13,17,19-20,24H,7-8,11-12H2. The van der Waals surface area contributed by atoms with E-state index < -0.39 is 0 Å². The quantitative estimate of drug-likeness (QED) is 0.705. The smallest absolute Gasteiger partial charge is 0.254 e. The number of nitrogens with zero attached hydrogens (tertiary/aromatic N) is 1. The lowest BCUT2D eigenvalue weighted by molar-refractivity contribution is 0.0571. The van der Waals surface area contributed by atoms with E-state index >= 15 is 0 Å². The Morgan fingerprint density at radius 2 is 1.73 bits per heavy atom. The fourth-order valence-corrected chi connectivity index (χ4v) is 4.85. The highest BCUT2D eigenvalue weighted by molar-refractivity contribution is 5.98. The summed E-state index contributed by atoms with van der Waals surface area (Å²) in [7, 11) is 0. The Morgan fingerprint density at radius 3 is 2.46 bits per heavy atom. The van der Waals surface area contributed by atoms with Gasteiger partial charge in [-0.3, -0.25) is 4.79 Å². The first-order chi connectivity index (χ1) is 12.7. The third-order valence-electron chi connectivity index (χ3n) is 6.11. The number of carbonyl (C=O) groups is 1. The molecule has 5 rings (SSSR count). The molecule has 4 heteroatoms. The van der Waals surface area contributed by atoms with Crippen molar-refractivity contribution >= 4 is 16.8 Å². The van der Waals surface area contributed by atoms with Gasteiger partial charge >= 0.3 is 0 Å². The number of H-pyrrole nitrogens is 1. The molecule has 26 heavy (non-hydrogen) atoms. The monoisotopic (exact) mass is 348 g/mol. The van der Waals surface area contributed by atoms with E-state index in [1.807, 2.05) is 42.6 Å². The van der Waals surface area contributed by atoms with E-state index in [0.717, 1.165) is 42.1 Å². The Kier molecular flexibility index (Phi) is 3.59. The molecule has 2 aromatic carbocycles. The van der Waals surface area contributed by atoms with Gasteiger partial charge in [-0.15, -0.1) is 0 Å². The molecule has 132 valence electrons. The molecule has 3 heterocycles. The van der Waals surface area contributed by atoms with Crippen LogP contribution < -0.4 is 0 Å². The lowest BCUT2D eigenvalue weighted by atomic mass is 9.85. The van der Waals surface area contributed by atoms with E-state index in [9.17, 15) is 9.18 Å². The number of hydrogen-bond donors (Lipinski definition) is 1. The average molecular weight is 348 g/mol. The molecule has 0 aliphatic carbocycles. The minimum absolute atomic E-state index is 0.145. The van der Waals surface area contributed by atoms with Crippen LogP contribution >= 0.6 is 0 Å². The molecular formula is C22H21FN2O. The summed E-state index contributed by atoms with van der Waals surface area (Å²) in [4.78, 5) is 18.5. The van der Waals surface area contributed by atoms with Gasteiger partial charge in [0.25, 0.3) is 5.91 Å². The topological polar surface area (TPSA) is 36.1 Å². The number of nitrogens with one attached hydrogen (secondary N) is 1. The van der Waals surface area contributed by atoms with Crippen molar-refractivity contribution in [3.63, 3.8) is 0 Å². The number of piperidine rings is 1. The van der Waals surface area contributed by atoms with E-state index in [2.05, 4.69) is 9.88 Å². The van der Waals surface area contributed by atoms with Crippen molar-refractivity contribution in [3.8, 4) is 0 Å². The minimum Gasteiger partial charge on any atom is -0.361 e. The number of aromatic amines is 1. The summed E-state index contributed by atoms with van der Waals surface area (Å²) >= 11 is 0. The second-order valence-electron chi connectivity index (χ2n) is 7.60. The number of aromatic nitrogens is 1. The zero-order chi connectivity index (χ0) is 17.7. The van der Waals surface area contributed by atoms with E-state index in [4.69, 9.17) is 0 Å². The van der Waals surface area contributed by atoms with Crippen LogP contribution in [0.1, 0.15) is 47.5 Å². The maximum absolute atomic E-state index is 13.2. The summed E-state index contributed by atoms with van der Waals surface area (Å²) in [6.45, 7) is 0. The molecule has 1 amide bonds. The molecule has 3 nitrogen and oxygen atoms in total. The molecule has 2 unspecified atom stereocenters. The first-order valence-electron chi connectivity index (χ1n) is 9.34. The first kappa shape index (κ1) is 15.6. The van der Waals surface area contributed by atoms with E-state index in [-0.39, 0.29) is 23.8 Å². The highest BCUT2D eigenvalue weighted by atomic mass is 19.1. The van der Waals surface area contributed by atoms with Crippen molar-refractivity contribution in [2.24, 2.45) is 0 Å². The molecule has 0 saturated carbocycles. The second kappa shape index (κ2) is 5.97. The lowest BCUT2D eigenvalue weighted by Crippen LogP contribution is -2.46. The Labute approximate surface area is 151 Å². The van der Waals surface area contributed by atoms with Crippen LogP contribution in [0.3, 0.4) is 0 Å². The number of halogens is 1. The molecule has 2 bridgehead atoms. The van der Waals surface area contributed by atoms with Crippen LogP contribution in [0.15, 0.2) is 54.7 Å². The summed E-state index contributed by atoms with van der Waals surface area (Å²) < 4.78 is 13.2. The van der Waals surface area contributed by atoms with E-state index in [1.54, 1.807) is 12.1 Å². The van der Waals surface area contributed by atoms with Crippen LogP contribution in [0.4, 0.5) is 4.39 Å². The van der Waals surface area contributed by atoms with Gasteiger partial charge in [-0.1, -0.05) is 18.2 Å². The molecule has 2 fully saturated rings. The third kappa shape index (κ3) is 2.52. The Balaban J connectivity index is 1.39. The average Bonchev–Trinajstić information content (AvgIpc) is 3.23. The molecule has 0 spiro atoms. The van der Waals surface area contributed by atoms with Crippen LogP contribution in [0.2, 0.25) is 0 Å². The number of fused-ring (bicyclic) bond motifs is 3. The van der Waals surface area contributed by atoms with Crippen molar-refractivity contribution < 1.29 is 9.18 Å². The van der Waals surface area contributed by atoms with Crippen molar-refractivity contribution in [3.05, 3.63) is 71.7 Å². The van der Waals surface area contributed by atoms with Gasteiger partial charge in [-0.2, -0.15) is 0 Å². The molecule has 2 aliphatic heterocycles. The van der Waals surface area contributed by atoms with Crippen LogP contribution in [-0.4, -0.2) is 27.9 Å². The lowest BCUT2D eigenvalue weighted by Gasteiger charge is -2.39. The van der Waals surface area contributed by atoms with Crippen molar-refractivity contribution in [2.75, 3.05) is 0 Å². The largest absolute Gasteiger partial charge is 0.361 e. The molecule has 3 aromatic rings. The SMILES string of the molecule is O=C(c1ccc2cc[nH]c2c1)N1C2CCC1CC(c1ccc(F)cc1)C2. The zero-order valence-electron chi connectivity index (χ0n) is 14.5. The van der Waals surface area contributed by atoms with Gasteiger partial charge in [-0.25, -0.2) is 4.39 Å². The predicted molar refractivity (Wildman–Crippen MR) is 99.7 cm³/mol. The summed E-state index contributed by atoms with van der Waals surface area (Å²) in [6.07, 6.45) is 5.98. The van der Waals surface area contributed by atoms with E-state index in [1.165, 1.54) is 5.56 Å². The normalized spacial score (nSPS) is 25.0. The molecular weight excluding hydrogens is 327 g/mol. The van der Waals surface area contributed by atoms with Gasteiger partial charge in [0.1, 0.15) is 5.82 Å². The molecule has 2 aliphatic rings. The van der Waals surface area contributed by atoms with Crippen LogP contribution in [0.25, 0.3) is 10.9 Å². The molecule has 1 N–H and O–H groups in total. The number of rotatable bonds is 2. The molecule has 2 saturated heterocycles. The zero-order valence-corrected chi connectivity index (χ0v) is 14.5. The highest BCUT2D eigenvalue weighted by Crippen LogP contribution is 2.43. The molecule has 1 aromatic heterocycles. The minimum atomic E-state index is -0.191. The van der Waals surface area contributed by atoms with E-state index in [0.29, 0.717) is 5.92 Å². The van der Waals surface area contributed by atoms with Gasteiger partial charge in [-0.05, 0) is 72.9 Å². The predicted octanol–water partition coefficient (Wildman–Crippen LogP) is 4.86.